The van der Waals surface area contributed by atoms with E-state index in [2.05, 4.69) is 241 Å². The van der Waals surface area contributed by atoms with E-state index in [-0.39, 0.29) is 0 Å². The summed E-state index contributed by atoms with van der Waals surface area (Å²) >= 11 is 0. The van der Waals surface area contributed by atoms with Gasteiger partial charge in [0.25, 0.3) is 0 Å². The number of benzene rings is 6. The summed E-state index contributed by atoms with van der Waals surface area (Å²) < 4.78 is 0. The SMILES string of the molecule is C[Si]1(C)C(c2cccc(N(c3ccccc3)c3ccccc3)n2)=C(c2ccccc2)C(c2ccccc2)=C1c1cccc(N(c2ccccc2)c2ccccc2)n1. The van der Waals surface area contributed by atoms with E-state index in [0.717, 1.165) is 45.8 Å². The lowest BCUT2D eigenvalue weighted by Gasteiger charge is -2.28. The Balaban J connectivity index is 1.28. The van der Waals surface area contributed by atoms with Crippen LogP contribution >= 0.6 is 0 Å². The molecule has 2 aromatic heterocycles. The van der Waals surface area contributed by atoms with E-state index in [9.17, 15) is 0 Å². The van der Waals surface area contributed by atoms with E-state index < -0.39 is 8.07 Å². The van der Waals surface area contributed by atoms with Crippen molar-refractivity contribution in [2.24, 2.45) is 0 Å². The molecule has 0 saturated carbocycles. The van der Waals surface area contributed by atoms with Crippen LogP contribution in [0.3, 0.4) is 0 Å². The molecule has 5 heteroatoms. The topological polar surface area (TPSA) is 32.3 Å². The second kappa shape index (κ2) is 15.6. The molecule has 0 atom stereocenters. The molecule has 1 aliphatic rings. The Morgan fingerprint density at radius 2 is 0.596 bits per heavy atom. The van der Waals surface area contributed by atoms with Crippen LogP contribution in [0.15, 0.2) is 218 Å². The van der Waals surface area contributed by atoms with E-state index in [1.54, 1.807) is 0 Å². The van der Waals surface area contributed by atoms with Crippen LogP contribution in [0, 0.1) is 0 Å². The number of para-hydroxylation sites is 4. The van der Waals surface area contributed by atoms with Gasteiger partial charge in [0.15, 0.2) is 0 Å². The Hall–Kier alpha value is -7.08. The Bertz CT molecular complexity index is 2410. The lowest BCUT2D eigenvalue weighted by Crippen LogP contribution is -2.30. The van der Waals surface area contributed by atoms with Gasteiger partial charge in [-0.3, -0.25) is 9.80 Å². The highest BCUT2D eigenvalue weighted by molar-refractivity contribution is 7.13. The number of nitrogens with zero attached hydrogens (tertiary/aromatic N) is 4. The molecule has 0 aliphatic carbocycles. The summed E-state index contributed by atoms with van der Waals surface area (Å²) in [5, 5.41) is 2.58. The Morgan fingerprint density at radius 1 is 0.316 bits per heavy atom. The van der Waals surface area contributed by atoms with Crippen molar-refractivity contribution in [3.05, 3.63) is 241 Å². The summed E-state index contributed by atoms with van der Waals surface area (Å²) in [6.07, 6.45) is 0. The van der Waals surface area contributed by atoms with Crippen molar-refractivity contribution in [3.63, 3.8) is 0 Å². The standard InChI is InChI=1S/C52H42N4Si/c1-57(2)51(45-35-21-37-47(53-45)55(41-27-13-5-14-28-41)42-29-15-6-16-30-42)49(39-23-9-3-10-24-39)50(40-25-11-4-12-26-40)52(57)46-36-22-38-48(54-46)56(43-31-17-7-18-32-43)44-33-19-8-20-34-44/h3-38H,1-2H3. The molecule has 0 amide bonds. The van der Waals surface area contributed by atoms with E-state index in [4.69, 9.17) is 9.97 Å². The van der Waals surface area contributed by atoms with E-state index >= 15 is 0 Å². The molecule has 6 aromatic carbocycles. The number of pyridine rings is 2. The monoisotopic (exact) mass is 750 g/mol. The Kier molecular flexibility index (Phi) is 9.73. The van der Waals surface area contributed by atoms with Crippen molar-refractivity contribution in [2.75, 3.05) is 9.80 Å². The fourth-order valence-corrected chi connectivity index (χ4v) is 11.8. The minimum Gasteiger partial charge on any atom is -0.295 e. The van der Waals surface area contributed by atoms with Gasteiger partial charge in [-0.2, -0.15) is 0 Å². The van der Waals surface area contributed by atoms with Gasteiger partial charge in [0.05, 0.1) is 11.4 Å². The zero-order valence-electron chi connectivity index (χ0n) is 32.1. The van der Waals surface area contributed by atoms with Gasteiger partial charge in [-0.25, -0.2) is 9.97 Å². The van der Waals surface area contributed by atoms with Crippen LogP contribution in [0.4, 0.5) is 34.4 Å². The predicted molar refractivity (Wildman–Crippen MR) is 242 cm³/mol. The molecular weight excluding hydrogens is 709 g/mol. The van der Waals surface area contributed by atoms with Crippen molar-refractivity contribution in [1.82, 2.24) is 9.97 Å². The van der Waals surface area contributed by atoms with Crippen molar-refractivity contribution < 1.29 is 0 Å². The first-order valence-electron chi connectivity index (χ1n) is 19.4. The van der Waals surface area contributed by atoms with Gasteiger partial charge >= 0.3 is 0 Å². The fraction of sp³-hybridized carbons (Fsp3) is 0.0385. The smallest absolute Gasteiger partial charge is 0.138 e. The quantitative estimate of drug-likeness (QED) is 0.130. The maximum atomic E-state index is 5.61. The van der Waals surface area contributed by atoms with Crippen LogP contribution < -0.4 is 9.80 Å². The molecule has 57 heavy (non-hydrogen) atoms. The first-order chi connectivity index (χ1) is 28.1. The van der Waals surface area contributed by atoms with Gasteiger partial charge in [-0.05, 0) is 105 Å². The highest BCUT2D eigenvalue weighted by Crippen LogP contribution is 2.55. The van der Waals surface area contributed by atoms with Gasteiger partial charge in [0, 0.05) is 22.7 Å². The number of aromatic nitrogens is 2. The lowest BCUT2D eigenvalue weighted by atomic mass is 9.90. The summed E-state index contributed by atoms with van der Waals surface area (Å²) in [6.45, 7) is 4.94. The highest BCUT2D eigenvalue weighted by atomic mass is 28.3. The number of hydrogen-bond donors (Lipinski definition) is 0. The third kappa shape index (κ3) is 6.90. The molecule has 0 unspecified atom stereocenters. The molecule has 1 aliphatic heterocycles. The fourth-order valence-electron chi connectivity index (χ4n) is 8.19. The van der Waals surface area contributed by atoms with Crippen molar-refractivity contribution >= 4 is 64.0 Å². The van der Waals surface area contributed by atoms with Gasteiger partial charge < -0.3 is 0 Å². The molecule has 9 rings (SSSR count). The highest BCUT2D eigenvalue weighted by Gasteiger charge is 2.45. The largest absolute Gasteiger partial charge is 0.295 e. The van der Waals surface area contributed by atoms with Crippen LogP contribution in [-0.2, 0) is 0 Å². The summed E-state index contributed by atoms with van der Waals surface area (Å²) in [6, 6.07) is 76.7. The second-order valence-electron chi connectivity index (χ2n) is 14.6. The van der Waals surface area contributed by atoms with Gasteiger partial charge in [0.2, 0.25) is 0 Å². The molecule has 4 nitrogen and oxygen atoms in total. The van der Waals surface area contributed by atoms with Crippen LogP contribution in [0.25, 0.3) is 21.5 Å². The maximum Gasteiger partial charge on any atom is 0.138 e. The molecule has 274 valence electrons. The molecule has 0 saturated heterocycles. The Morgan fingerprint density at radius 3 is 0.895 bits per heavy atom. The van der Waals surface area contributed by atoms with Crippen molar-refractivity contribution in [1.29, 1.82) is 0 Å². The maximum absolute atomic E-state index is 5.61. The average Bonchev–Trinajstić information content (AvgIpc) is 3.53. The first-order valence-corrected chi connectivity index (χ1v) is 22.4. The predicted octanol–water partition coefficient (Wildman–Crippen LogP) is 13.7. The molecule has 8 aromatic rings. The van der Waals surface area contributed by atoms with Crippen molar-refractivity contribution in [3.8, 4) is 0 Å². The molecule has 0 spiro atoms. The summed E-state index contributed by atoms with van der Waals surface area (Å²) in [5.41, 5.74) is 11.0. The average molecular weight is 751 g/mol. The van der Waals surface area contributed by atoms with Crippen LogP contribution in [0.1, 0.15) is 22.5 Å². The van der Waals surface area contributed by atoms with Gasteiger partial charge in [-0.15, -0.1) is 0 Å². The molecular formula is C52H42N4Si. The van der Waals surface area contributed by atoms with E-state index in [1.807, 2.05) is 0 Å². The summed E-state index contributed by atoms with van der Waals surface area (Å²) in [5.74, 6) is 1.73. The van der Waals surface area contributed by atoms with Crippen LogP contribution in [-0.4, -0.2) is 18.0 Å². The first kappa shape index (κ1) is 35.6. The number of rotatable bonds is 10. The summed E-state index contributed by atoms with van der Waals surface area (Å²) in [4.78, 5) is 15.7. The molecule has 0 radical (unpaired) electrons. The van der Waals surface area contributed by atoms with Crippen LogP contribution in [0.5, 0.6) is 0 Å². The minimum absolute atomic E-state index is 0.866. The number of hydrogen-bond acceptors (Lipinski definition) is 4. The molecule has 0 N–H and O–H groups in total. The third-order valence-corrected chi connectivity index (χ3v) is 14.1. The van der Waals surface area contributed by atoms with Crippen LogP contribution in [0.2, 0.25) is 13.1 Å². The zero-order chi connectivity index (χ0) is 38.6. The van der Waals surface area contributed by atoms with Gasteiger partial charge in [0.1, 0.15) is 19.7 Å². The molecule has 3 heterocycles. The second-order valence-corrected chi connectivity index (χ2v) is 18.9. The molecule has 0 fully saturated rings. The summed E-state index contributed by atoms with van der Waals surface area (Å²) in [7, 11) is -2.61. The van der Waals surface area contributed by atoms with Crippen molar-refractivity contribution in [2.45, 2.75) is 13.1 Å². The zero-order valence-corrected chi connectivity index (χ0v) is 33.1. The third-order valence-electron chi connectivity index (χ3n) is 10.6. The lowest BCUT2D eigenvalue weighted by molar-refractivity contribution is 1.16. The number of allylic oxidation sites excluding steroid dienone is 2. The number of anilines is 6. The normalized spacial score (nSPS) is 13.4. The molecule has 0 bridgehead atoms. The van der Waals surface area contributed by atoms with E-state index in [1.165, 1.54) is 32.7 Å². The Labute approximate surface area is 336 Å². The minimum atomic E-state index is -2.61. The van der Waals surface area contributed by atoms with E-state index in [0.29, 0.717) is 0 Å². The van der Waals surface area contributed by atoms with Gasteiger partial charge in [-0.1, -0.05) is 159 Å².